The van der Waals surface area contributed by atoms with Gasteiger partial charge >= 0.3 is 0 Å². The van der Waals surface area contributed by atoms with Crippen molar-refractivity contribution in [1.29, 1.82) is 0 Å². The Bertz CT molecular complexity index is 88.9. The van der Waals surface area contributed by atoms with Crippen molar-refractivity contribution in [3.05, 3.63) is 11.6 Å². The van der Waals surface area contributed by atoms with Crippen molar-refractivity contribution in [2.24, 2.45) is 0 Å². The average Bonchev–Trinajstić information content (AvgIpc) is 1.91. The van der Waals surface area contributed by atoms with Crippen molar-refractivity contribution in [3.63, 3.8) is 0 Å². The molecule has 0 bridgehead atoms. The molecule has 0 aromatic heterocycles. The maximum atomic E-state index is 2.40. The summed E-state index contributed by atoms with van der Waals surface area (Å²) in [5, 5.41) is 0. The van der Waals surface area contributed by atoms with Gasteiger partial charge < -0.3 is 0 Å². The van der Waals surface area contributed by atoms with Gasteiger partial charge in [0.1, 0.15) is 0 Å². The van der Waals surface area contributed by atoms with Gasteiger partial charge in [-0.1, -0.05) is 34.8 Å². The molecule has 0 saturated heterocycles. The van der Waals surface area contributed by atoms with Crippen molar-refractivity contribution in [2.45, 2.75) is 0 Å². The fourth-order valence-electron chi connectivity index (χ4n) is 0.440. The molecule has 1 aliphatic heterocycles. The molecule has 0 fully saturated rings. The molecule has 1 rings (SSSR count). The molecule has 1 aliphatic rings. The Labute approximate surface area is 48.8 Å². The van der Waals surface area contributed by atoms with E-state index in [1.54, 1.807) is 0 Å². The molecule has 7 heavy (non-hydrogen) atoms. The van der Waals surface area contributed by atoms with Crippen LogP contribution in [0.5, 0.6) is 0 Å². The van der Waals surface area contributed by atoms with Crippen LogP contribution in [0.15, 0.2) is 11.6 Å². The first kappa shape index (κ1) is 6.15. The van der Waals surface area contributed by atoms with Gasteiger partial charge in [0.25, 0.3) is 0 Å². The largest absolute Gasteiger partial charge is 0.0681 e. The molecule has 3 atom stereocenters. The molecule has 0 aromatic carbocycles. The molecular formula is C4H9P3. The van der Waals surface area contributed by atoms with Crippen LogP contribution >= 0.6 is 23.2 Å². The van der Waals surface area contributed by atoms with Crippen LogP contribution in [0, 0.1) is 0 Å². The zero-order valence-corrected chi connectivity index (χ0v) is 7.34. The smallest absolute Gasteiger partial charge is 0.0363 e. The predicted octanol–water partition coefficient (Wildman–Crippen LogP) is 3.20. The molecule has 3 heteroatoms. The van der Waals surface area contributed by atoms with E-state index in [9.17, 15) is 0 Å². The lowest BCUT2D eigenvalue weighted by atomic mass is 11.3. The predicted molar refractivity (Wildman–Crippen MR) is 43.1 cm³/mol. The Hall–Kier alpha value is 1.03. The maximum absolute atomic E-state index is 2.40. The molecule has 0 radical (unpaired) electrons. The highest BCUT2D eigenvalue weighted by atomic mass is 32.5. The number of hydrogen-bond donors (Lipinski definition) is 0. The van der Waals surface area contributed by atoms with E-state index in [1.165, 1.54) is 8.27 Å². The van der Waals surface area contributed by atoms with E-state index in [0.717, 1.165) is 0 Å². The van der Waals surface area contributed by atoms with Crippen molar-refractivity contribution in [3.8, 4) is 0 Å². The van der Waals surface area contributed by atoms with E-state index in [1.807, 2.05) is 0 Å². The Balaban J connectivity index is 2.45. The lowest BCUT2D eigenvalue weighted by Gasteiger charge is -2.06. The van der Waals surface area contributed by atoms with Gasteiger partial charge in [0, 0.05) is 0 Å². The molecule has 0 spiro atoms. The second kappa shape index (κ2) is 2.54. The van der Waals surface area contributed by atoms with Crippen LogP contribution in [0.3, 0.4) is 0 Å². The SMILES string of the molecule is CP1C=CPP1C. The standard InChI is InChI=1S/C4H9P3/c1-6-4-3-5-7(6)2/h3-5H,1-2H3. The van der Waals surface area contributed by atoms with Crippen molar-refractivity contribution < 1.29 is 0 Å². The van der Waals surface area contributed by atoms with Crippen LogP contribution in [0.2, 0.25) is 0 Å². The summed E-state index contributed by atoms with van der Waals surface area (Å²) in [5.41, 5.74) is 0. The summed E-state index contributed by atoms with van der Waals surface area (Å²) in [6.45, 7) is 4.77. The van der Waals surface area contributed by atoms with Crippen LogP contribution in [0.25, 0.3) is 0 Å². The lowest BCUT2D eigenvalue weighted by Crippen LogP contribution is -1.46. The third-order valence-corrected chi connectivity index (χ3v) is 12.2. The molecule has 0 aromatic rings. The summed E-state index contributed by atoms with van der Waals surface area (Å²) in [6, 6.07) is 0. The van der Waals surface area contributed by atoms with E-state index in [2.05, 4.69) is 25.0 Å². The molecule has 0 aliphatic carbocycles. The topological polar surface area (TPSA) is 0 Å². The van der Waals surface area contributed by atoms with Crippen molar-refractivity contribution in [1.82, 2.24) is 0 Å². The highest BCUT2D eigenvalue weighted by molar-refractivity contribution is 8.58. The molecule has 0 saturated carbocycles. The quantitative estimate of drug-likeness (QED) is 0.465. The summed E-state index contributed by atoms with van der Waals surface area (Å²) in [7, 11) is 2.00. The zero-order chi connectivity index (χ0) is 5.28. The lowest BCUT2D eigenvalue weighted by molar-refractivity contribution is 2.37. The van der Waals surface area contributed by atoms with Gasteiger partial charge in [0.2, 0.25) is 0 Å². The molecule has 1 heterocycles. The Morgan fingerprint density at radius 2 is 2.14 bits per heavy atom. The monoisotopic (exact) mass is 150 g/mol. The minimum atomic E-state index is 0.370. The third-order valence-electron chi connectivity index (χ3n) is 1.02. The van der Waals surface area contributed by atoms with E-state index < -0.39 is 0 Å². The Morgan fingerprint density at radius 3 is 2.29 bits per heavy atom. The molecule has 3 unspecified atom stereocenters. The Kier molecular flexibility index (Phi) is 2.23. The van der Waals surface area contributed by atoms with Gasteiger partial charge in [-0.15, -0.1) is 0 Å². The highest BCUT2D eigenvalue weighted by Gasteiger charge is 2.10. The van der Waals surface area contributed by atoms with Crippen LogP contribution < -0.4 is 0 Å². The summed E-state index contributed by atoms with van der Waals surface area (Å²) < 4.78 is 0. The van der Waals surface area contributed by atoms with E-state index >= 15 is 0 Å². The van der Waals surface area contributed by atoms with Gasteiger partial charge in [0.05, 0.1) is 0 Å². The van der Waals surface area contributed by atoms with Crippen LogP contribution in [-0.4, -0.2) is 13.3 Å². The fraction of sp³-hybridized carbons (Fsp3) is 0.500. The first-order chi connectivity index (χ1) is 3.30. The van der Waals surface area contributed by atoms with Crippen LogP contribution in [0.1, 0.15) is 0 Å². The summed E-state index contributed by atoms with van der Waals surface area (Å²) in [5.74, 6) is 4.76. The molecule has 0 N–H and O–H groups in total. The summed E-state index contributed by atoms with van der Waals surface area (Å²) >= 11 is 0. The first-order valence-corrected chi connectivity index (χ1v) is 8.47. The molecular weight excluding hydrogens is 141 g/mol. The molecule has 0 nitrogen and oxygen atoms in total. The number of rotatable bonds is 0. The van der Waals surface area contributed by atoms with Gasteiger partial charge in [-0.25, -0.2) is 0 Å². The van der Waals surface area contributed by atoms with Gasteiger partial charge in [0.15, 0.2) is 0 Å². The highest BCUT2D eigenvalue weighted by Crippen LogP contribution is 2.81. The molecule has 0 amide bonds. The fourth-order valence-corrected chi connectivity index (χ4v) is 8.00. The van der Waals surface area contributed by atoms with E-state index in [4.69, 9.17) is 0 Å². The average molecular weight is 150 g/mol. The normalized spacial score (nSPS) is 43.1. The minimum Gasteiger partial charge on any atom is -0.0681 e. The van der Waals surface area contributed by atoms with E-state index in [-0.39, 0.29) is 0 Å². The van der Waals surface area contributed by atoms with Gasteiger partial charge in [-0.2, -0.15) is 0 Å². The first-order valence-electron chi connectivity index (χ1n) is 2.20. The van der Waals surface area contributed by atoms with Gasteiger partial charge in [-0.05, 0) is 13.3 Å². The van der Waals surface area contributed by atoms with Crippen LogP contribution in [-0.2, 0) is 0 Å². The Morgan fingerprint density at radius 1 is 1.43 bits per heavy atom. The van der Waals surface area contributed by atoms with E-state index in [0.29, 0.717) is 14.9 Å². The van der Waals surface area contributed by atoms with Crippen LogP contribution in [0.4, 0.5) is 0 Å². The summed E-state index contributed by atoms with van der Waals surface area (Å²) in [6.07, 6.45) is 0. The second-order valence-electron chi connectivity index (χ2n) is 1.54. The third kappa shape index (κ3) is 1.46. The minimum absolute atomic E-state index is 0.370. The van der Waals surface area contributed by atoms with Crippen molar-refractivity contribution in [2.75, 3.05) is 13.3 Å². The molecule has 40 valence electrons. The van der Waals surface area contributed by atoms with Crippen molar-refractivity contribution >= 4 is 23.2 Å². The number of hydrogen-bond acceptors (Lipinski definition) is 0. The van der Waals surface area contributed by atoms with Gasteiger partial charge in [-0.3, -0.25) is 0 Å². The second-order valence-corrected chi connectivity index (χ2v) is 12.2. The maximum Gasteiger partial charge on any atom is -0.0363 e. The summed E-state index contributed by atoms with van der Waals surface area (Å²) in [4.78, 5) is 0. The zero-order valence-electron chi connectivity index (χ0n) is 4.55.